The topological polar surface area (TPSA) is 32.7 Å². The molecule has 2 aliphatic heterocycles. The van der Waals surface area contributed by atoms with E-state index in [1.165, 1.54) is 67.1 Å². The maximum Gasteiger partial charge on any atom is 0.126 e. The van der Waals surface area contributed by atoms with Gasteiger partial charge in [0.25, 0.3) is 0 Å². The highest BCUT2D eigenvalue weighted by Crippen LogP contribution is 2.47. The van der Waals surface area contributed by atoms with Crippen molar-refractivity contribution >= 4 is 11.8 Å². The van der Waals surface area contributed by atoms with Crippen molar-refractivity contribution in [3.63, 3.8) is 0 Å². The quantitative estimate of drug-likeness (QED) is 0.316. The first-order valence-electron chi connectivity index (χ1n) is 12.2. The number of rotatable bonds is 7. The SMILES string of the molecule is Oc1ccc2c(c1)OCC(c1ccccc1)C2c1ccc(SCCCN2CCCCC2)cc1. The molecule has 2 heterocycles. The van der Waals surface area contributed by atoms with Gasteiger partial charge in [0.2, 0.25) is 0 Å². The van der Waals surface area contributed by atoms with Gasteiger partial charge in [0.05, 0.1) is 6.61 Å². The molecular weight excluding hydrogens is 426 g/mol. The normalized spacial score (nSPS) is 20.7. The average Bonchev–Trinajstić information content (AvgIpc) is 2.87. The largest absolute Gasteiger partial charge is 0.508 e. The van der Waals surface area contributed by atoms with Crippen molar-refractivity contribution in [3.8, 4) is 11.5 Å². The third-order valence-electron chi connectivity index (χ3n) is 6.96. The number of likely N-dealkylation sites (tertiary alicyclic amines) is 1. The van der Waals surface area contributed by atoms with E-state index < -0.39 is 0 Å². The van der Waals surface area contributed by atoms with Gasteiger partial charge < -0.3 is 14.7 Å². The molecule has 0 radical (unpaired) electrons. The molecular formula is C29H33NO2S. The number of ether oxygens (including phenoxy) is 1. The molecule has 1 N–H and O–H groups in total. The van der Waals surface area contributed by atoms with Gasteiger partial charge in [0, 0.05) is 28.4 Å². The van der Waals surface area contributed by atoms with Crippen molar-refractivity contribution in [2.24, 2.45) is 0 Å². The minimum absolute atomic E-state index is 0.204. The number of hydrogen-bond acceptors (Lipinski definition) is 4. The number of piperidine rings is 1. The van der Waals surface area contributed by atoms with Crippen LogP contribution in [-0.2, 0) is 0 Å². The molecule has 2 aliphatic rings. The van der Waals surface area contributed by atoms with Crippen LogP contribution in [0.1, 0.15) is 54.2 Å². The molecule has 4 heteroatoms. The Morgan fingerprint density at radius 3 is 2.45 bits per heavy atom. The summed E-state index contributed by atoms with van der Waals surface area (Å²) < 4.78 is 6.09. The summed E-state index contributed by atoms with van der Waals surface area (Å²) in [5, 5.41) is 9.96. The lowest BCUT2D eigenvalue weighted by molar-refractivity contribution is 0.230. The summed E-state index contributed by atoms with van der Waals surface area (Å²) >= 11 is 1.96. The molecule has 3 aromatic rings. The zero-order valence-electron chi connectivity index (χ0n) is 19.2. The van der Waals surface area contributed by atoms with E-state index in [1.54, 1.807) is 12.1 Å². The van der Waals surface area contributed by atoms with Crippen LogP contribution in [0.5, 0.6) is 11.5 Å². The first-order chi connectivity index (χ1) is 16.3. The Hall–Kier alpha value is -2.43. The molecule has 172 valence electrons. The van der Waals surface area contributed by atoms with Crippen molar-refractivity contribution in [2.45, 2.75) is 42.4 Å². The first-order valence-corrected chi connectivity index (χ1v) is 13.2. The fourth-order valence-electron chi connectivity index (χ4n) is 5.23. The van der Waals surface area contributed by atoms with Crippen molar-refractivity contribution in [2.75, 3.05) is 32.0 Å². The Bertz CT molecular complexity index is 1030. The maximum atomic E-state index is 9.96. The first kappa shape index (κ1) is 22.4. The number of thioether (sulfide) groups is 1. The predicted octanol–water partition coefficient (Wildman–Crippen LogP) is 6.67. The number of fused-ring (bicyclic) bond motifs is 1. The summed E-state index contributed by atoms with van der Waals surface area (Å²) in [6, 6.07) is 25.3. The Morgan fingerprint density at radius 1 is 0.879 bits per heavy atom. The number of nitrogens with zero attached hydrogens (tertiary/aromatic N) is 1. The molecule has 3 aromatic carbocycles. The lowest BCUT2D eigenvalue weighted by atomic mass is 9.76. The summed E-state index contributed by atoms with van der Waals surface area (Å²) in [6.45, 7) is 4.41. The molecule has 0 spiro atoms. The predicted molar refractivity (Wildman–Crippen MR) is 137 cm³/mol. The second kappa shape index (κ2) is 10.7. The molecule has 3 nitrogen and oxygen atoms in total. The Kier molecular flexibility index (Phi) is 7.23. The van der Waals surface area contributed by atoms with Gasteiger partial charge in [-0.3, -0.25) is 0 Å². The fourth-order valence-corrected chi connectivity index (χ4v) is 6.07. The Labute approximate surface area is 201 Å². The summed E-state index contributed by atoms with van der Waals surface area (Å²) in [4.78, 5) is 3.96. The van der Waals surface area contributed by atoms with E-state index in [4.69, 9.17) is 4.74 Å². The average molecular weight is 460 g/mol. The number of benzene rings is 3. The minimum atomic E-state index is 0.204. The summed E-state index contributed by atoms with van der Waals surface area (Å²) in [5.74, 6) is 2.66. The molecule has 5 rings (SSSR count). The number of hydrogen-bond donors (Lipinski definition) is 1. The standard InChI is InChI=1S/C29H33NO2S/c31-24-12-15-26-28(20-24)32-21-27(22-8-3-1-4-9-22)29(26)23-10-13-25(14-11-23)33-19-7-18-30-16-5-2-6-17-30/h1,3-4,8-15,20,27,29,31H,2,5-7,16-19,21H2. The Balaban J connectivity index is 1.30. The highest BCUT2D eigenvalue weighted by molar-refractivity contribution is 7.99. The van der Waals surface area contributed by atoms with Gasteiger partial charge in [0.15, 0.2) is 0 Å². The monoisotopic (exact) mass is 459 g/mol. The molecule has 1 saturated heterocycles. The van der Waals surface area contributed by atoms with Gasteiger partial charge in [0.1, 0.15) is 11.5 Å². The van der Waals surface area contributed by atoms with E-state index in [0.29, 0.717) is 6.61 Å². The molecule has 0 aliphatic carbocycles. The summed E-state index contributed by atoms with van der Waals surface area (Å²) in [5.41, 5.74) is 3.74. The van der Waals surface area contributed by atoms with E-state index in [1.807, 2.05) is 17.8 Å². The minimum Gasteiger partial charge on any atom is -0.508 e. The van der Waals surface area contributed by atoms with Gasteiger partial charge in [-0.1, -0.05) is 55.0 Å². The third-order valence-corrected chi connectivity index (χ3v) is 8.05. The van der Waals surface area contributed by atoms with E-state index >= 15 is 0 Å². The van der Waals surface area contributed by atoms with E-state index in [0.717, 1.165) is 11.3 Å². The molecule has 2 atom stereocenters. The zero-order valence-corrected chi connectivity index (χ0v) is 20.0. The van der Waals surface area contributed by atoms with E-state index in [9.17, 15) is 5.11 Å². The molecule has 33 heavy (non-hydrogen) atoms. The summed E-state index contributed by atoms with van der Waals surface area (Å²) in [7, 11) is 0. The molecule has 0 aromatic heterocycles. The maximum absolute atomic E-state index is 9.96. The van der Waals surface area contributed by atoms with Crippen LogP contribution >= 0.6 is 11.8 Å². The highest BCUT2D eigenvalue weighted by Gasteiger charge is 2.33. The molecule has 0 amide bonds. The molecule has 2 unspecified atom stereocenters. The highest BCUT2D eigenvalue weighted by atomic mass is 32.2. The van der Waals surface area contributed by atoms with Crippen molar-refractivity contribution < 1.29 is 9.84 Å². The van der Waals surface area contributed by atoms with Crippen LogP contribution in [-0.4, -0.2) is 42.0 Å². The fraction of sp³-hybridized carbons (Fsp3) is 0.379. The third kappa shape index (κ3) is 5.39. The molecule has 1 fully saturated rings. The van der Waals surface area contributed by atoms with Gasteiger partial charge in [-0.15, -0.1) is 11.8 Å². The second-order valence-corrected chi connectivity index (χ2v) is 10.4. The Morgan fingerprint density at radius 2 is 1.67 bits per heavy atom. The number of phenols is 1. The van der Waals surface area contributed by atoms with Gasteiger partial charge in [-0.05, 0) is 74.0 Å². The number of aromatic hydroxyl groups is 1. The van der Waals surface area contributed by atoms with Crippen molar-refractivity contribution in [1.82, 2.24) is 4.90 Å². The molecule has 0 bridgehead atoms. The van der Waals surface area contributed by atoms with Crippen LogP contribution in [0.3, 0.4) is 0 Å². The van der Waals surface area contributed by atoms with Gasteiger partial charge >= 0.3 is 0 Å². The van der Waals surface area contributed by atoms with Crippen LogP contribution in [0.15, 0.2) is 77.7 Å². The smallest absolute Gasteiger partial charge is 0.126 e. The van der Waals surface area contributed by atoms with Crippen LogP contribution in [0.4, 0.5) is 0 Å². The molecule has 0 saturated carbocycles. The van der Waals surface area contributed by atoms with E-state index in [2.05, 4.69) is 59.5 Å². The van der Waals surface area contributed by atoms with Crippen molar-refractivity contribution in [3.05, 3.63) is 89.5 Å². The van der Waals surface area contributed by atoms with Crippen LogP contribution < -0.4 is 4.74 Å². The zero-order chi connectivity index (χ0) is 22.5. The van der Waals surface area contributed by atoms with Crippen LogP contribution in [0.2, 0.25) is 0 Å². The van der Waals surface area contributed by atoms with Crippen LogP contribution in [0.25, 0.3) is 0 Å². The lowest BCUT2D eigenvalue weighted by Gasteiger charge is -2.34. The van der Waals surface area contributed by atoms with E-state index in [-0.39, 0.29) is 17.6 Å². The van der Waals surface area contributed by atoms with Crippen LogP contribution in [0, 0.1) is 0 Å². The second-order valence-electron chi connectivity index (χ2n) is 9.20. The number of phenolic OH excluding ortho intramolecular Hbond substituents is 1. The van der Waals surface area contributed by atoms with Crippen molar-refractivity contribution in [1.29, 1.82) is 0 Å². The lowest BCUT2D eigenvalue weighted by Crippen LogP contribution is -2.30. The van der Waals surface area contributed by atoms with Gasteiger partial charge in [-0.25, -0.2) is 0 Å². The summed E-state index contributed by atoms with van der Waals surface area (Å²) in [6.07, 6.45) is 5.39. The van der Waals surface area contributed by atoms with Gasteiger partial charge in [-0.2, -0.15) is 0 Å².